The molecule has 0 aliphatic carbocycles. The monoisotopic (exact) mass is 314 g/mol. The van der Waals surface area contributed by atoms with Gasteiger partial charge < -0.3 is 9.30 Å². The quantitative estimate of drug-likeness (QED) is 0.780. The van der Waals surface area contributed by atoms with Gasteiger partial charge in [-0.05, 0) is 19.4 Å². The van der Waals surface area contributed by atoms with E-state index >= 15 is 0 Å². The summed E-state index contributed by atoms with van der Waals surface area (Å²) in [7, 11) is -1.69. The molecule has 3 rings (SSSR count). The highest BCUT2D eigenvalue weighted by Gasteiger charge is 2.31. The van der Waals surface area contributed by atoms with E-state index in [9.17, 15) is 8.42 Å². The lowest BCUT2D eigenvalue weighted by atomic mass is 10.2. The van der Waals surface area contributed by atoms with E-state index in [-0.39, 0.29) is 5.03 Å². The summed E-state index contributed by atoms with van der Waals surface area (Å²) >= 11 is 0. The van der Waals surface area contributed by atoms with Crippen molar-refractivity contribution < 1.29 is 13.2 Å². The Balaban J connectivity index is 1.69. The Bertz CT molecular complexity index is 580. The SMILES string of the molecule is Cn1cnc(S(=O)(=O)N2CCCN(C3CCOC3)CC2)c1. The predicted octanol–water partition coefficient (Wildman–Crippen LogP) is -0.0946. The Kier molecular flexibility index (Phi) is 4.30. The molecular weight excluding hydrogens is 292 g/mol. The molecule has 1 atom stereocenters. The van der Waals surface area contributed by atoms with Gasteiger partial charge in [0, 0.05) is 45.5 Å². The molecule has 7 nitrogen and oxygen atoms in total. The molecule has 1 aromatic rings. The topological polar surface area (TPSA) is 67.7 Å². The molecule has 0 saturated carbocycles. The fourth-order valence-corrected chi connectivity index (χ4v) is 4.42. The number of hydrogen-bond donors (Lipinski definition) is 0. The molecule has 0 N–H and O–H groups in total. The van der Waals surface area contributed by atoms with E-state index < -0.39 is 10.0 Å². The van der Waals surface area contributed by atoms with Gasteiger partial charge in [0.05, 0.1) is 12.9 Å². The van der Waals surface area contributed by atoms with Gasteiger partial charge in [-0.3, -0.25) is 4.90 Å². The summed E-state index contributed by atoms with van der Waals surface area (Å²) < 4.78 is 33.8. The molecule has 0 amide bonds. The number of ether oxygens (including phenoxy) is 1. The highest BCUT2D eigenvalue weighted by molar-refractivity contribution is 7.89. The first-order valence-corrected chi connectivity index (χ1v) is 8.81. The fourth-order valence-electron chi connectivity index (χ4n) is 2.98. The average molecular weight is 314 g/mol. The summed E-state index contributed by atoms with van der Waals surface area (Å²) in [4.78, 5) is 6.35. The van der Waals surface area contributed by atoms with Gasteiger partial charge in [-0.2, -0.15) is 4.31 Å². The first-order valence-electron chi connectivity index (χ1n) is 7.37. The summed E-state index contributed by atoms with van der Waals surface area (Å²) in [5.74, 6) is 0. The second-order valence-corrected chi connectivity index (χ2v) is 7.57. The van der Waals surface area contributed by atoms with Gasteiger partial charge in [-0.15, -0.1) is 0 Å². The molecule has 1 aromatic heterocycles. The van der Waals surface area contributed by atoms with Crippen molar-refractivity contribution in [2.24, 2.45) is 7.05 Å². The third kappa shape index (κ3) is 3.13. The second-order valence-electron chi connectivity index (χ2n) is 5.69. The number of sulfonamides is 1. The zero-order chi connectivity index (χ0) is 14.9. The zero-order valence-electron chi connectivity index (χ0n) is 12.3. The minimum absolute atomic E-state index is 0.141. The summed E-state index contributed by atoms with van der Waals surface area (Å²) in [5, 5.41) is 0.141. The smallest absolute Gasteiger partial charge is 0.262 e. The van der Waals surface area contributed by atoms with E-state index in [4.69, 9.17) is 4.74 Å². The number of nitrogens with zero attached hydrogens (tertiary/aromatic N) is 4. The number of aromatic nitrogens is 2. The molecule has 3 heterocycles. The minimum Gasteiger partial charge on any atom is -0.380 e. The van der Waals surface area contributed by atoms with Crippen LogP contribution in [-0.2, 0) is 21.8 Å². The lowest BCUT2D eigenvalue weighted by Crippen LogP contribution is -2.39. The maximum Gasteiger partial charge on any atom is 0.262 e. The molecule has 0 radical (unpaired) electrons. The second kappa shape index (κ2) is 6.04. The van der Waals surface area contributed by atoms with E-state index in [1.807, 2.05) is 0 Å². The summed E-state index contributed by atoms with van der Waals surface area (Å²) in [6.07, 6.45) is 4.98. The van der Waals surface area contributed by atoms with E-state index in [0.29, 0.717) is 19.1 Å². The third-order valence-electron chi connectivity index (χ3n) is 4.20. The molecule has 2 saturated heterocycles. The molecule has 2 aliphatic heterocycles. The lowest BCUT2D eigenvalue weighted by molar-refractivity contribution is 0.147. The molecule has 2 fully saturated rings. The summed E-state index contributed by atoms with van der Waals surface area (Å²) in [6, 6.07) is 0.447. The van der Waals surface area contributed by atoms with Crippen molar-refractivity contribution in [3.63, 3.8) is 0 Å². The Morgan fingerprint density at radius 1 is 1.29 bits per heavy atom. The van der Waals surface area contributed by atoms with Crippen molar-refractivity contribution in [2.45, 2.75) is 23.9 Å². The van der Waals surface area contributed by atoms with Crippen LogP contribution in [0, 0.1) is 0 Å². The van der Waals surface area contributed by atoms with Crippen LogP contribution in [-0.4, -0.2) is 72.6 Å². The van der Waals surface area contributed by atoms with Gasteiger partial charge in [0.15, 0.2) is 5.03 Å². The van der Waals surface area contributed by atoms with Crippen LogP contribution in [0.4, 0.5) is 0 Å². The number of aryl methyl sites for hydroxylation is 1. The van der Waals surface area contributed by atoms with Gasteiger partial charge in [0.25, 0.3) is 10.0 Å². The average Bonchev–Trinajstić information content (AvgIpc) is 3.06. The number of rotatable bonds is 3. The van der Waals surface area contributed by atoms with Crippen LogP contribution in [0.5, 0.6) is 0 Å². The molecule has 0 aromatic carbocycles. The normalized spacial score (nSPS) is 26.0. The van der Waals surface area contributed by atoms with Gasteiger partial charge in [0.1, 0.15) is 0 Å². The van der Waals surface area contributed by atoms with E-state index in [1.54, 1.807) is 22.1 Å². The van der Waals surface area contributed by atoms with Gasteiger partial charge >= 0.3 is 0 Å². The fraction of sp³-hybridized carbons (Fsp3) is 0.769. The van der Waals surface area contributed by atoms with Crippen LogP contribution in [0.15, 0.2) is 17.6 Å². The maximum absolute atomic E-state index is 12.6. The largest absolute Gasteiger partial charge is 0.380 e. The number of imidazole rings is 1. The molecular formula is C13H22N4O3S. The van der Waals surface area contributed by atoms with Gasteiger partial charge in [-0.1, -0.05) is 0 Å². The number of hydrogen-bond acceptors (Lipinski definition) is 5. The van der Waals surface area contributed by atoms with Gasteiger partial charge in [0.2, 0.25) is 0 Å². The lowest BCUT2D eigenvalue weighted by Gasteiger charge is -2.26. The van der Waals surface area contributed by atoms with E-state index in [0.717, 1.165) is 39.1 Å². The summed E-state index contributed by atoms with van der Waals surface area (Å²) in [5.41, 5.74) is 0. The molecule has 8 heteroatoms. The van der Waals surface area contributed by atoms with E-state index in [1.165, 1.54) is 6.33 Å². The van der Waals surface area contributed by atoms with Crippen LogP contribution in [0.3, 0.4) is 0 Å². The molecule has 0 spiro atoms. The Labute approximate surface area is 125 Å². The van der Waals surface area contributed by atoms with Crippen LogP contribution in [0.1, 0.15) is 12.8 Å². The molecule has 21 heavy (non-hydrogen) atoms. The van der Waals surface area contributed by atoms with Crippen molar-refractivity contribution in [3.05, 3.63) is 12.5 Å². The summed E-state index contributed by atoms with van der Waals surface area (Å²) in [6.45, 7) is 4.37. The van der Waals surface area contributed by atoms with Crippen molar-refractivity contribution in [1.82, 2.24) is 18.8 Å². The molecule has 1 unspecified atom stereocenters. The van der Waals surface area contributed by atoms with Crippen molar-refractivity contribution in [3.8, 4) is 0 Å². The first kappa shape index (κ1) is 15.0. The van der Waals surface area contributed by atoms with Crippen LogP contribution >= 0.6 is 0 Å². The van der Waals surface area contributed by atoms with Crippen molar-refractivity contribution in [1.29, 1.82) is 0 Å². The third-order valence-corrected chi connectivity index (χ3v) is 5.98. The van der Waals surface area contributed by atoms with Gasteiger partial charge in [-0.25, -0.2) is 13.4 Å². The van der Waals surface area contributed by atoms with Crippen molar-refractivity contribution in [2.75, 3.05) is 39.4 Å². The Morgan fingerprint density at radius 2 is 2.14 bits per heavy atom. The maximum atomic E-state index is 12.6. The first-order chi connectivity index (χ1) is 10.1. The van der Waals surface area contributed by atoms with Crippen LogP contribution < -0.4 is 0 Å². The predicted molar refractivity (Wildman–Crippen MR) is 77.4 cm³/mol. The highest BCUT2D eigenvalue weighted by atomic mass is 32.2. The van der Waals surface area contributed by atoms with Crippen molar-refractivity contribution >= 4 is 10.0 Å². The van der Waals surface area contributed by atoms with E-state index in [2.05, 4.69) is 9.88 Å². The molecule has 0 bridgehead atoms. The van der Waals surface area contributed by atoms with Crippen LogP contribution in [0.25, 0.3) is 0 Å². The molecule has 2 aliphatic rings. The van der Waals surface area contributed by atoms with Crippen LogP contribution in [0.2, 0.25) is 0 Å². The minimum atomic E-state index is -3.47. The Morgan fingerprint density at radius 3 is 2.81 bits per heavy atom. The zero-order valence-corrected chi connectivity index (χ0v) is 13.1. The molecule has 118 valence electrons. The Hall–Kier alpha value is -0.960. The standard InChI is InChI=1S/C13H22N4O3S/c1-15-9-13(14-11-15)21(18,19)17-5-2-4-16(6-7-17)12-3-8-20-10-12/h9,11-12H,2-8,10H2,1H3. The highest BCUT2D eigenvalue weighted by Crippen LogP contribution is 2.19.